The van der Waals surface area contributed by atoms with Crippen LogP contribution in [0.4, 0.5) is 0 Å². The fraction of sp³-hybridized carbons (Fsp3) is 0.429. The van der Waals surface area contributed by atoms with Gasteiger partial charge in [-0.3, -0.25) is 0 Å². The van der Waals surface area contributed by atoms with Crippen LogP contribution in [-0.2, 0) is 9.47 Å². The molecule has 1 aromatic rings. The number of hydrogen-bond donors (Lipinski definition) is 1. The molecule has 0 unspecified atom stereocenters. The Bertz CT molecular complexity index is 359. The van der Waals surface area contributed by atoms with E-state index >= 15 is 0 Å². The summed E-state index contributed by atoms with van der Waals surface area (Å²) in [5.74, 6) is 0.756. The van der Waals surface area contributed by atoms with Crippen molar-refractivity contribution >= 4 is 0 Å². The molecule has 0 radical (unpaired) electrons. The van der Waals surface area contributed by atoms with Crippen molar-refractivity contribution in [2.45, 2.75) is 19.1 Å². The van der Waals surface area contributed by atoms with E-state index in [9.17, 15) is 5.11 Å². The van der Waals surface area contributed by atoms with Crippen LogP contribution in [0.25, 0.3) is 0 Å². The Balaban J connectivity index is 2.76. The Morgan fingerprint density at radius 2 is 1.89 bits per heavy atom. The van der Waals surface area contributed by atoms with E-state index in [1.54, 1.807) is 20.3 Å². The van der Waals surface area contributed by atoms with E-state index in [-0.39, 0.29) is 6.79 Å². The van der Waals surface area contributed by atoms with E-state index in [2.05, 4.69) is 0 Å². The van der Waals surface area contributed by atoms with Gasteiger partial charge in [0.15, 0.2) is 0 Å². The van der Waals surface area contributed by atoms with Gasteiger partial charge in [0.2, 0.25) is 0 Å². The first kappa shape index (κ1) is 14.7. The second kappa shape index (κ2) is 7.87. The predicted octanol–water partition coefficient (Wildman–Crippen LogP) is 2.29. The number of allylic oxidation sites excluding steroid dienone is 1. The molecular weight excluding hydrogens is 232 g/mol. The zero-order valence-corrected chi connectivity index (χ0v) is 11.0. The maximum atomic E-state index is 10.2. The van der Waals surface area contributed by atoms with Crippen molar-refractivity contribution in [2.24, 2.45) is 0 Å². The van der Waals surface area contributed by atoms with E-state index in [1.165, 1.54) is 0 Å². The molecule has 0 saturated heterocycles. The second-order valence-electron chi connectivity index (χ2n) is 3.78. The lowest BCUT2D eigenvalue weighted by molar-refractivity contribution is -0.0942. The number of aliphatic hydroxyl groups excluding tert-OH is 1. The van der Waals surface area contributed by atoms with Crippen LogP contribution in [0.15, 0.2) is 36.4 Å². The minimum Gasteiger partial charge on any atom is -0.497 e. The zero-order chi connectivity index (χ0) is 13.4. The van der Waals surface area contributed by atoms with Crippen LogP contribution >= 0.6 is 0 Å². The van der Waals surface area contributed by atoms with Crippen molar-refractivity contribution in [3.8, 4) is 5.75 Å². The molecule has 4 heteroatoms. The Kier molecular flexibility index (Phi) is 6.43. The molecule has 0 bridgehead atoms. The third-order valence-electron chi connectivity index (χ3n) is 2.53. The van der Waals surface area contributed by atoms with Crippen LogP contribution in [0.2, 0.25) is 0 Å². The van der Waals surface area contributed by atoms with E-state index in [1.807, 2.05) is 37.3 Å². The molecule has 1 N–H and O–H groups in total. The molecule has 1 rings (SSSR count). The van der Waals surface area contributed by atoms with E-state index < -0.39 is 12.2 Å². The molecule has 0 aliphatic heterocycles. The van der Waals surface area contributed by atoms with Crippen LogP contribution in [0, 0.1) is 0 Å². The topological polar surface area (TPSA) is 47.9 Å². The van der Waals surface area contributed by atoms with Gasteiger partial charge in [0.05, 0.1) is 7.11 Å². The molecule has 18 heavy (non-hydrogen) atoms. The fourth-order valence-corrected chi connectivity index (χ4v) is 1.58. The van der Waals surface area contributed by atoms with Gasteiger partial charge in [0, 0.05) is 7.11 Å². The summed E-state index contributed by atoms with van der Waals surface area (Å²) >= 11 is 0. The molecule has 100 valence electrons. The van der Waals surface area contributed by atoms with Gasteiger partial charge in [0.1, 0.15) is 24.8 Å². The molecular formula is C14H20O4. The normalized spacial score (nSPS) is 14.7. The average molecular weight is 252 g/mol. The molecule has 0 fully saturated rings. The summed E-state index contributed by atoms with van der Waals surface area (Å²) in [6.45, 7) is 2.02. The fourth-order valence-electron chi connectivity index (χ4n) is 1.58. The number of aliphatic hydroxyl groups is 1. The number of benzene rings is 1. The summed E-state index contributed by atoms with van der Waals surface area (Å²) in [5.41, 5.74) is 0.773. The number of hydrogen-bond acceptors (Lipinski definition) is 4. The summed E-state index contributed by atoms with van der Waals surface area (Å²) in [7, 11) is 3.16. The van der Waals surface area contributed by atoms with Gasteiger partial charge in [-0.1, -0.05) is 24.3 Å². The Labute approximate surface area is 108 Å². The highest BCUT2D eigenvalue weighted by Gasteiger charge is 2.18. The monoisotopic (exact) mass is 252 g/mol. The SMILES string of the molecule is C/C=C/[C@@H](OCOC)[C@H](O)c1ccc(OC)cc1. The maximum Gasteiger partial charge on any atom is 0.147 e. The van der Waals surface area contributed by atoms with Crippen LogP contribution < -0.4 is 4.74 Å². The summed E-state index contributed by atoms with van der Waals surface area (Å²) in [4.78, 5) is 0. The minimum absolute atomic E-state index is 0.141. The molecule has 0 aliphatic carbocycles. The van der Waals surface area contributed by atoms with Gasteiger partial charge < -0.3 is 19.3 Å². The molecule has 0 aliphatic rings. The van der Waals surface area contributed by atoms with Gasteiger partial charge in [-0.05, 0) is 24.6 Å². The van der Waals surface area contributed by atoms with E-state index in [0.717, 1.165) is 11.3 Å². The summed E-state index contributed by atoms with van der Waals surface area (Å²) in [5, 5.41) is 10.2. The smallest absolute Gasteiger partial charge is 0.147 e. The quantitative estimate of drug-likeness (QED) is 0.597. The lowest BCUT2D eigenvalue weighted by Gasteiger charge is -2.20. The van der Waals surface area contributed by atoms with Gasteiger partial charge in [-0.15, -0.1) is 0 Å². The van der Waals surface area contributed by atoms with Crippen LogP contribution in [0.3, 0.4) is 0 Å². The Hall–Kier alpha value is -1.36. The molecule has 4 nitrogen and oxygen atoms in total. The van der Waals surface area contributed by atoms with Gasteiger partial charge in [0.25, 0.3) is 0 Å². The Morgan fingerprint density at radius 3 is 2.39 bits per heavy atom. The van der Waals surface area contributed by atoms with Crippen molar-refractivity contribution in [3.63, 3.8) is 0 Å². The predicted molar refractivity (Wildman–Crippen MR) is 69.5 cm³/mol. The third kappa shape index (κ3) is 4.14. The van der Waals surface area contributed by atoms with E-state index in [4.69, 9.17) is 14.2 Å². The molecule has 1 aromatic carbocycles. The first-order valence-corrected chi connectivity index (χ1v) is 5.78. The third-order valence-corrected chi connectivity index (χ3v) is 2.53. The van der Waals surface area contributed by atoms with Crippen molar-refractivity contribution < 1.29 is 19.3 Å². The van der Waals surface area contributed by atoms with Crippen LogP contribution in [-0.4, -0.2) is 32.2 Å². The lowest BCUT2D eigenvalue weighted by atomic mass is 10.0. The molecule has 0 aromatic heterocycles. The van der Waals surface area contributed by atoms with E-state index in [0.29, 0.717) is 0 Å². The standard InChI is InChI=1S/C14H20O4/c1-4-5-13(18-10-16-2)14(15)11-6-8-12(17-3)9-7-11/h4-9,13-15H,10H2,1-3H3/b5-4+/t13-,14-/m1/s1. The van der Waals surface area contributed by atoms with Crippen molar-refractivity contribution in [1.82, 2.24) is 0 Å². The lowest BCUT2D eigenvalue weighted by Crippen LogP contribution is -2.21. The molecule has 0 spiro atoms. The number of methoxy groups -OCH3 is 2. The first-order valence-electron chi connectivity index (χ1n) is 5.78. The summed E-state index contributed by atoms with van der Waals surface area (Å²) in [6.07, 6.45) is 2.48. The van der Waals surface area contributed by atoms with Gasteiger partial charge >= 0.3 is 0 Å². The highest BCUT2D eigenvalue weighted by Crippen LogP contribution is 2.22. The zero-order valence-electron chi connectivity index (χ0n) is 11.0. The van der Waals surface area contributed by atoms with Crippen molar-refractivity contribution in [1.29, 1.82) is 0 Å². The van der Waals surface area contributed by atoms with Crippen molar-refractivity contribution in [2.75, 3.05) is 21.0 Å². The highest BCUT2D eigenvalue weighted by molar-refractivity contribution is 5.29. The largest absolute Gasteiger partial charge is 0.497 e. The highest BCUT2D eigenvalue weighted by atomic mass is 16.7. The minimum atomic E-state index is -0.734. The van der Waals surface area contributed by atoms with Crippen LogP contribution in [0.5, 0.6) is 5.75 Å². The molecule has 2 atom stereocenters. The number of ether oxygens (including phenoxy) is 3. The Morgan fingerprint density at radius 1 is 1.22 bits per heavy atom. The number of rotatable bonds is 7. The first-order chi connectivity index (χ1) is 8.72. The van der Waals surface area contributed by atoms with Gasteiger partial charge in [-0.25, -0.2) is 0 Å². The summed E-state index contributed by atoms with van der Waals surface area (Å²) in [6, 6.07) is 7.25. The molecule has 0 heterocycles. The second-order valence-corrected chi connectivity index (χ2v) is 3.78. The molecule has 0 amide bonds. The maximum absolute atomic E-state index is 10.2. The van der Waals surface area contributed by atoms with Gasteiger partial charge in [-0.2, -0.15) is 0 Å². The average Bonchev–Trinajstić information content (AvgIpc) is 2.43. The van der Waals surface area contributed by atoms with Crippen LogP contribution in [0.1, 0.15) is 18.6 Å². The van der Waals surface area contributed by atoms with Crippen molar-refractivity contribution in [3.05, 3.63) is 42.0 Å². The summed E-state index contributed by atoms with van der Waals surface area (Å²) < 4.78 is 15.3. The molecule has 0 saturated carbocycles.